The van der Waals surface area contributed by atoms with E-state index < -0.39 is 9.84 Å². The van der Waals surface area contributed by atoms with Crippen molar-refractivity contribution in [2.45, 2.75) is 25.6 Å². The first-order valence-corrected chi connectivity index (χ1v) is 10.9. The van der Waals surface area contributed by atoms with Crippen LogP contribution in [-0.4, -0.2) is 73.5 Å². The second-order valence-electron chi connectivity index (χ2n) is 7.25. The summed E-state index contributed by atoms with van der Waals surface area (Å²) in [4.78, 5) is 9.26. The smallest absolute Gasteiger partial charge is 0.153 e. The first-order chi connectivity index (χ1) is 12.4. The Kier molecular flexibility index (Phi) is 4.62. The van der Waals surface area contributed by atoms with E-state index >= 15 is 0 Å². The summed E-state index contributed by atoms with van der Waals surface area (Å²) in [7, 11) is -0.922. The van der Waals surface area contributed by atoms with Gasteiger partial charge in [0.1, 0.15) is 5.75 Å². The number of fused-ring (bicyclic) bond motifs is 2. The number of rotatable bonds is 4. The molecule has 2 aliphatic rings. The molecule has 0 unspecified atom stereocenters. The highest BCUT2D eigenvalue weighted by atomic mass is 32.2. The topological polar surface area (TPSA) is 62.7 Å². The van der Waals surface area contributed by atoms with Gasteiger partial charge in [-0.1, -0.05) is 6.07 Å². The van der Waals surface area contributed by atoms with Crippen LogP contribution in [0.3, 0.4) is 0 Å². The zero-order valence-electron chi connectivity index (χ0n) is 15.3. The van der Waals surface area contributed by atoms with Crippen LogP contribution in [0.4, 0.5) is 0 Å². The fourth-order valence-corrected chi connectivity index (χ4v) is 6.18. The van der Waals surface area contributed by atoms with Crippen LogP contribution in [0.15, 0.2) is 30.3 Å². The second-order valence-corrected chi connectivity index (χ2v) is 9.41. The molecule has 0 bridgehead atoms. The second kappa shape index (κ2) is 6.79. The zero-order chi connectivity index (χ0) is 18.3. The molecule has 0 amide bonds. The molecule has 0 spiro atoms. The van der Waals surface area contributed by atoms with E-state index in [9.17, 15) is 8.42 Å². The van der Waals surface area contributed by atoms with Crippen LogP contribution in [-0.2, 0) is 16.4 Å². The molecule has 0 radical (unpaired) electrons. The van der Waals surface area contributed by atoms with Crippen molar-refractivity contribution in [3.63, 3.8) is 0 Å². The minimum absolute atomic E-state index is 0.0663. The third-order valence-corrected chi connectivity index (χ3v) is 7.16. The summed E-state index contributed by atoms with van der Waals surface area (Å²) < 4.78 is 29.8. The van der Waals surface area contributed by atoms with Crippen molar-refractivity contribution >= 4 is 20.7 Å². The van der Waals surface area contributed by atoms with E-state index in [-0.39, 0.29) is 23.6 Å². The molecule has 6 nitrogen and oxygen atoms in total. The summed E-state index contributed by atoms with van der Waals surface area (Å²) in [5.74, 6) is 1.39. The predicted molar refractivity (Wildman–Crippen MR) is 102 cm³/mol. The number of hydrogen-bond donors (Lipinski definition) is 0. The Morgan fingerprint density at radius 3 is 2.77 bits per heavy atom. The Bertz CT molecular complexity index is 915. The van der Waals surface area contributed by atoms with Gasteiger partial charge in [-0.05, 0) is 38.2 Å². The highest BCUT2D eigenvalue weighted by Crippen LogP contribution is 2.27. The summed E-state index contributed by atoms with van der Waals surface area (Å²) in [6, 6.07) is 10.2. The number of nitrogens with zero attached hydrogens (tertiary/aromatic N) is 3. The van der Waals surface area contributed by atoms with Gasteiger partial charge in [0.05, 0.1) is 29.3 Å². The molecule has 0 saturated carbocycles. The lowest BCUT2D eigenvalue weighted by atomic mass is 10.1. The number of pyridine rings is 1. The molecule has 3 heterocycles. The molecule has 140 valence electrons. The fourth-order valence-electron chi connectivity index (χ4n) is 4.09. The molecule has 4 rings (SSSR count). The molecule has 1 aromatic heterocycles. The summed E-state index contributed by atoms with van der Waals surface area (Å²) in [6.45, 7) is 5.07. The molecule has 26 heavy (non-hydrogen) atoms. The van der Waals surface area contributed by atoms with E-state index in [0.29, 0.717) is 13.2 Å². The minimum atomic E-state index is -2.95. The Balaban J connectivity index is 1.55. The number of benzene rings is 1. The van der Waals surface area contributed by atoms with E-state index in [4.69, 9.17) is 9.72 Å². The third-order valence-electron chi connectivity index (χ3n) is 5.46. The largest absolute Gasteiger partial charge is 0.494 e. The number of likely N-dealkylation sites (N-methyl/N-ethyl adjacent to an activating group) is 1. The normalized spacial score (nSPS) is 26.1. The number of sulfone groups is 1. The van der Waals surface area contributed by atoms with Gasteiger partial charge in [0.15, 0.2) is 9.84 Å². The van der Waals surface area contributed by atoms with Crippen LogP contribution in [0.2, 0.25) is 0 Å². The van der Waals surface area contributed by atoms with Crippen molar-refractivity contribution in [2.75, 3.05) is 38.2 Å². The summed E-state index contributed by atoms with van der Waals surface area (Å²) in [5.41, 5.74) is 1.92. The molecular formula is C19H25N3O3S. The average Bonchev–Trinajstić information content (AvgIpc) is 2.94. The molecule has 2 fully saturated rings. The zero-order valence-corrected chi connectivity index (χ0v) is 16.1. The number of ether oxygens (including phenoxy) is 1. The molecule has 2 saturated heterocycles. The molecule has 1 aromatic carbocycles. The van der Waals surface area contributed by atoms with Gasteiger partial charge in [0, 0.05) is 37.1 Å². The van der Waals surface area contributed by atoms with Crippen molar-refractivity contribution < 1.29 is 13.2 Å². The van der Waals surface area contributed by atoms with E-state index in [2.05, 4.69) is 15.9 Å². The van der Waals surface area contributed by atoms with Gasteiger partial charge in [0.2, 0.25) is 0 Å². The van der Waals surface area contributed by atoms with Crippen molar-refractivity contribution in [1.29, 1.82) is 0 Å². The molecule has 7 heteroatoms. The van der Waals surface area contributed by atoms with Crippen LogP contribution in [0, 0.1) is 0 Å². The molecule has 2 atom stereocenters. The minimum Gasteiger partial charge on any atom is -0.494 e. The molecule has 0 N–H and O–H groups in total. The van der Waals surface area contributed by atoms with Crippen LogP contribution in [0.5, 0.6) is 5.75 Å². The Morgan fingerprint density at radius 1 is 1.15 bits per heavy atom. The Hall–Kier alpha value is -1.70. The van der Waals surface area contributed by atoms with Gasteiger partial charge in [0.25, 0.3) is 0 Å². The first-order valence-electron chi connectivity index (χ1n) is 9.12. The molecule has 0 aliphatic carbocycles. The van der Waals surface area contributed by atoms with Crippen LogP contribution in [0.1, 0.15) is 12.6 Å². The Morgan fingerprint density at radius 2 is 1.96 bits per heavy atom. The van der Waals surface area contributed by atoms with Crippen LogP contribution in [0.25, 0.3) is 10.9 Å². The van der Waals surface area contributed by atoms with Crippen LogP contribution >= 0.6 is 0 Å². The summed E-state index contributed by atoms with van der Waals surface area (Å²) in [5, 5.41) is 1.05. The molecular weight excluding hydrogens is 350 g/mol. The monoisotopic (exact) mass is 375 g/mol. The number of hydrogen-bond acceptors (Lipinski definition) is 6. The van der Waals surface area contributed by atoms with E-state index in [1.165, 1.54) is 0 Å². The van der Waals surface area contributed by atoms with Crippen molar-refractivity contribution in [2.24, 2.45) is 0 Å². The van der Waals surface area contributed by atoms with Gasteiger partial charge in [-0.3, -0.25) is 14.8 Å². The summed E-state index contributed by atoms with van der Waals surface area (Å²) >= 11 is 0. The lowest BCUT2D eigenvalue weighted by Gasteiger charge is -2.42. The maximum atomic E-state index is 12.1. The lowest BCUT2D eigenvalue weighted by Crippen LogP contribution is -2.57. The predicted octanol–water partition coefficient (Wildman–Crippen LogP) is 1.55. The van der Waals surface area contributed by atoms with Crippen molar-refractivity contribution in [3.05, 3.63) is 36.0 Å². The lowest BCUT2D eigenvalue weighted by molar-refractivity contribution is 0.0565. The van der Waals surface area contributed by atoms with E-state index in [0.717, 1.165) is 35.4 Å². The average molecular weight is 375 g/mol. The first kappa shape index (κ1) is 17.7. The maximum Gasteiger partial charge on any atom is 0.153 e. The quantitative estimate of drug-likeness (QED) is 0.808. The highest BCUT2D eigenvalue weighted by Gasteiger charge is 2.45. The van der Waals surface area contributed by atoms with Gasteiger partial charge in [-0.15, -0.1) is 0 Å². The van der Waals surface area contributed by atoms with E-state index in [1.54, 1.807) is 0 Å². The fraction of sp³-hybridized carbons (Fsp3) is 0.526. The van der Waals surface area contributed by atoms with Crippen molar-refractivity contribution in [3.8, 4) is 5.75 Å². The Labute approximate surface area is 154 Å². The summed E-state index contributed by atoms with van der Waals surface area (Å²) in [6.07, 6.45) is 0. The highest BCUT2D eigenvalue weighted by molar-refractivity contribution is 7.91. The SMILES string of the molecule is CCOc1ccc2nc(CN3CCN(C)[C@@H]4CS(=O)(=O)C[C@@H]43)ccc2c1. The third kappa shape index (κ3) is 3.43. The van der Waals surface area contributed by atoms with E-state index in [1.807, 2.05) is 38.2 Å². The number of aromatic nitrogens is 1. The molecule has 2 aliphatic heterocycles. The van der Waals surface area contributed by atoms with Crippen LogP contribution < -0.4 is 4.74 Å². The number of piperazine rings is 1. The van der Waals surface area contributed by atoms with Gasteiger partial charge < -0.3 is 4.74 Å². The van der Waals surface area contributed by atoms with Gasteiger partial charge in [-0.25, -0.2) is 8.42 Å². The van der Waals surface area contributed by atoms with Crippen molar-refractivity contribution in [1.82, 2.24) is 14.8 Å². The van der Waals surface area contributed by atoms with Gasteiger partial charge >= 0.3 is 0 Å². The standard InChI is InChI=1S/C19H25N3O3S/c1-3-25-16-6-7-17-14(10-16)4-5-15(20-17)11-22-9-8-21(2)18-12-26(23,24)13-19(18)22/h4-7,10,18-19H,3,8-9,11-13H2,1-2H3/t18-,19+/m1/s1. The van der Waals surface area contributed by atoms with Gasteiger partial charge in [-0.2, -0.15) is 0 Å². The molecule has 2 aromatic rings. The maximum absolute atomic E-state index is 12.1.